The van der Waals surface area contributed by atoms with Crippen LogP contribution in [0.1, 0.15) is 34.5 Å². The van der Waals surface area contributed by atoms with E-state index in [1.165, 1.54) is 53.4 Å². The molecule has 2 heterocycles. The van der Waals surface area contributed by atoms with E-state index in [1.54, 1.807) is 11.1 Å². The second-order valence-electron chi connectivity index (χ2n) is 8.85. The van der Waals surface area contributed by atoms with Gasteiger partial charge in [0.25, 0.3) is 0 Å². The van der Waals surface area contributed by atoms with Crippen LogP contribution in [0.3, 0.4) is 0 Å². The lowest BCUT2D eigenvalue weighted by Crippen LogP contribution is -2.02. The van der Waals surface area contributed by atoms with Crippen molar-refractivity contribution in [3.05, 3.63) is 102 Å². The van der Waals surface area contributed by atoms with Crippen molar-refractivity contribution in [2.24, 2.45) is 0 Å². The predicted molar refractivity (Wildman–Crippen MR) is 139 cm³/mol. The van der Waals surface area contributed by atoms with Gasteiger partial charge in [0.05, 0.1) is 5.52 Å². The quantitative estimate of drug-likeness (QED) is 0.262. The van der Waals surface area contributed by atoms with Crippen molar-refractivity contribution < 1.29 is 9.90 Å². The van der Waals surface area contributed by atoms with Crippen molar-refractivity contribution in [3.8, 4) is 0 Å². The second-order valence-corrected chi connectivity index (χ2v) is 8.85. The molecule has 1 aliphatic carbocycles. The molecule has 4 nitrogen and oxygen atoms in total. The van der Waals surface area contributed by atoms with Crippen LogP contribution in [0, 0.1) is 0 Å². The van der Waals surface area contributed by atoms with Gasteiger partial charge in [0.15, 0.2) is 5.69 Å². The predicted octanol–water partition coefficient (Wildman–Crippen LogP) is 7.29. The van der Waals surface area contributed by atoms with Crippen molar-refractivity contribution in [1.82, 2.24) is 9.97 Å². The first-order valence-electron chi connectivity index (χ1n) is 11.7. The summed E-state index contributed by atoms with van der Waals surface area (Å²) < 4.78 is 0. The van der Waals surface area contributed by atoms with Gasteiger partial charge in [0.2, 0.25) is 0 Å². The highest BCUT2D eigenvalue weighted by atomic mass is 16.4. The monoisotopic (exact) mass is 444 g/mol. The molecule has 2 N–H and O–H groups in total. The van der Waals surface area contributed by atoms with Crippen molar-refractivity contribution >= 4 is 49.3 Å². The number of pyridine rings is 1. The highest BCUT2D eigenvalue weighted by Crippen LogP contribution is 2.33. The maximum atomic E-state index is 11.0. The topological polar surface area (TPSA) is 66.0 Å². The lowest BCUT2D eigenvalue weighted by molar-refractivity contribution is 0.0692. The SMILES string of the molecule is O=C(O)c1nccc2c1[nH]c1ccccc12.c1ccc2c(c1)ccc1c3c(ccc12)CCCC3. The van der Waals surface area contributed by atoms with Gasteiger partial charge in [-0.05, 0) is 70.5 Å². The molecule has 6 aromatic rings. The molecule has 34 heavy (non-hydrogen) atoms. The first-order valence-corrected chi connectivity index (χ1v) is 11.7. The Hall–Kier alpha value is -4.18. The van der Waals surface area contributed by atoms with Crippen LogP contribution in [0.4, 0.5) is 0 Å². The molecule has 7 rings (SSSR count). The molecular weight excluding hydrogens is 420 g/mol. The molecule has 0 aliphatic heterocycles. The number of carbonyl (C=O) groups is 1. The van der Waals surface area contributed by atoms with Gasteiger partial charge in [-0.2, -0.15) is 0 Å². The Labute approximate surface area is 196 Å². The van der Waals surface area contributed by atoms with Gasteiger partial charge in [0.1, 0.15) is 0 Å². The van der Waals surface area contributed by atoms with Gasteiger partial charge >= 0.3 is 5.97 Å². The third-order valence-electron chi connectivity index (χ3n) is 6.89. The number of hydrogen-bond acceptors (Lipinski definition) is 2. The number of hydrogen-bond donors (Lipinski definition) is 2. The highest BCUT2D eigenvalue weighted by molar-refractivity contribution is 6.12. The summed E-state index contributed by atoms with van der Waals surface area (Å²) in [6.07, 6.45) is 6.74. The standard InChI is InChI=1S/C18H16.C12H8N2O2/c1-3-7-15-13(5-1)9-11-18-16-8-4-2-6-14(16)10-12-17(15)18;15-12(16)11-10-8(5-6-13-11)7-3-1-2-4-9(7)14-10/h1,3,5,7,9-12H,2,4,6,8H2;1-6,14H,(H,15,16). The maximum Gasteiger partial charge on any atom is 0.356 e. The molecule has 0 amide bonds. The molecule has 0 saturated heterocycles. The Morgan fingerprint density at radius 2 is 1.50 bits per heavy atom. The molecule has 0 radical (unpaired) electrons. The summed E-state index contributed by atoms with van der Waals surface area (Å²) in [6, 6.07) is 27.5. The number of nitrogens with zero attached hydrogens (tertiary/aromatic N) is 1. The van der Waals surface area contributed by atoms with Crippen molar-refractivity contribution in [2.45, 2.75) is 25.7 Å². The summed E-state index contributed by atoms with van der Waals surface area (Å²) in [5.74, 6) is -1.02. The summed E-state index contributed by atoms with van der Waals surface area (Å²) in [5, 5.41) is 16.6. The Bertz CT molecular complexity index is 1700. The number of carboxylic acids is 1. The minimum Gasteiger partial charge on any atom is -0.476 e. The highest BCUT2D eigenvalue weighted by Gasteiger charge is 2.14. The van der Waals surface area contributed by atoms with E-state index in [-0.39, 0.29) is 5.69 Å². The number of aryl methyl sites for hydroxylation is 2. The Kier molecular flexibility index (Phi) is 4.99. The van der Waals surface area contributed by atoms with E-state index in [1.807, 2.05) is 30.3 Å². The Morgan fingerprint density at radius 1 is 0.735 bits per heavy atom. The van der Waals surface area contributed by atoms with E-state index in [0.717, 1.165) is 16.3 Å². The third-order valence-corrected chi connectivity index (χ3v) is 6.89. The molecule has 1 aliphatic rings. The van der Waals surface area contributed by atoms with Gasteiger partial charge in [-0.15, -0.1) is 0 Å². The average Bonchev–Trinajstić information content (AvgIpc) is 3.27. The number of aromatic carboxylic acids is 1. The minimum atomic E-state index is -1.02. The zero-order valence-electron chi connectivity index (χ0n) is 18.7. The van der Waals surface area contributed by atoms with Gasteiger partial charge in [0, 0.05) is 22.5 Å². The van der Waals surface area contributed by atoms with Gasteiger partial charge in [-0.1, -0.05) is 66.7 Å². The molecule has 0 fully saturated rings. The lowest BCUT2D eigenvalue weighted by Gasteiger charge is -2.18. The van der Waals surface area contributed by atoms with Crippen LogP contribution in [0.25, 0.3) is 43.4 Å². The summed E-state index contributed by atoms with van der Waals surface area (Å²) in [4.78, 5) is 18.0. The zero-order chi connectivity index (χ0) is 23.1. The van der Waals surface area contributed by atoms with Crippen LogP contribution in [0.2, 0.25) is 0 Å². The molecule has 0 bridgehead atoms. The van der Waals surface area contributed by atoms with E-state index in [4.69, 9.17) is 5.11 Å². The molecule has 0 spiro atoms. The van der Waals surface area contributed by atoms with Crippen LogP contribution < -0.4 is 0 Å². The second kappa shape index (κ2) is 8.31. The van der Waals surface area contributed by atoms with E-state index < -0.39 is 5.97 Å². The van der Waals surface area contributed by atoms with Crippen LogP contribution in [0.5, 0.6) is 0 Å². The van der Waals surface area contributed by atoms with Crippen molar-refractivity contribution in [2.75, 3.05) is 0 Å². The molecule has 0 atom stereocenters. The fraction of sp³-hybridized carbons (Fsp3) is 0.133. The number of para-hydroxylation sites is 1. The molecule has 2 aromatic heterocycles. The van der Waals surface area contributed by atoms with Crippen LogP contribution >= 0.6 is 0 Å². The maximum absolute atomic E-state index is 11.0. The Morgan fingerprint density at radius 3 is 2.38 bits per heavy atom. The normalized spacial score (nSPS) is 13.1. The third kappa shape index (κ3) is 3.39. The summed E-state index contributed by atoms with van der Waals surface area (Å²) in [7, 11) is 0. The number of benzene rings is 4. The Balaban J connectivity index is 0.000000129. The van der Waals surface area contributed by atoms with Gasteiger partial charge in [-0.3, -0.25) is 0 Å². The number of aromatic nitrogens is 2. The largest absolute Gasteiger partial charge is 0.476 e. The molecule has 4 heteroatoms. The fourth-order valence-corrected chi connectivity index (χ4v) is 5.28. The summed E-state index contributed by atoms with van der Waals surface area (Å²) in [6.45, 7) is 0. The van der Waals surface area contributed by atoms with Gasteiger partial charge < -0.3 is 10.1 Å². The number of carboxylic acid groups (broad SMARTS) is 1. The van der Waals surface area contributed by atoms with E-state index in [9.17, 15) is 4.79 Å². The zero-order valence-corrected chi connectivity index (χ0v) is 18.7. The molecule has 166 valence electrons. The smallest absolute Gasteiger partial charge is 0.356 e. The number of rotatable bonds is 1. The average molecular weight is 445 g/mol. The van der Waals surface area contributed by atoms with E-state index in [2.05, 4.69) is 58.5 Å². The van der Waals surface area contributed by atoms with Gasteiger partial charge in [-0.25, -0.2) is 9.78 Å². The van der Waals surface area contributed by atoms with Crippen LogP contribution in [-0.4, -0.2) is 21.0 Å². The van der Waals surface area contributed by atoms with Crippen LogP contribution in [0.15, 0.2) is 85.1 Å². The summed E-state index contributed by atoms with van der Waals surface area (Å²) >= 11 is 0. The summed E-state index contributed by atoms with van der Waals surface area (Å²) in [5.41, 5.74) is 4.74. The van der Waals surface area contributed by atoms with E-state index >= 15 is 0 Å². The first-order chi connectivity index (χ1) is 16.7. The first kappa shape index (κ1) is 20.4. The van der Waals surface area contributed by atoms with E-state index in [0.29, 0.717) is 5.52 Å². The van der Waals surface area contributed by atoms with Crippen LogP contribution in [-0.2, 0) is 12.8 Å². The van der Waals surface area contributed by atoms with Crippen molar-refractivity contribution in [1.29, 1.82) is 0 Å². The fourth-order valence-electron chi connectivity index (χ4n) is 5.28. The number of aromatic amines is 1. The molecule has 0 unspecified atom stereocenters. The molecular formula is C30H24N2O2. The number of fused-ring (bicyclic) bond motifs is 8. The minimum absolute atomic E-state index is 0.0636. The number of H-pyrrole nitrogens is 1. The number of nitrogens with one attached hydrogen (secondary N) is 1. The molecule has 0 saturated carbocycles. The lowest BCUT2D eigenvalue weighted by atomic mass is 9.86. The van der Waals surface area contributed by atoms with Crippen molar-refractivity contribution in [3.63, 3.8) is 0 Å². The molecule has 4 aromatic carbocycles.